The number of imide groups is 2. The van der Waals surface area contributed by atoms with Gasteiger partial charge in [0, 0.05) is 74.8 Å². The second-order valence-corrected chi connectivity index (χ2v) is 17.5. The van der Waals surface area contributed by atoms with Crippen molar-refractivity contribution in [1.29, 1.82) is 0 Å². The van der Waals surface area contributed by atoms with Crippen molar-refractivity contribution in [2.75, 3.05) is 60.8 Å². The van der Waals surface area contributed by atoms with E-state index in [-0.39, 0.29) is 88.8 Å². The number of carbonyl (C=O) groups is 7. The quantitative estimate of drug-likeness (QED) is 0.202. The van der Waals surface area contributed by atoms with Gasteiger partial charge in [0.05, 0.1) is 53.6 Å². The molecule has 0 bridgehead atoms. The van der Waals surface area contributed by atoms with Crippen molar-refractivity contribution in [1.82, 2.24) is 25.4 Å². The highest BCUT2D eigenvalue weighted by molar-refractivity contribution is 6.25. The van der Waals surface area contributed by atoms with Gasteiger partial charge in [-0.2, -0.15) is 8.78 Å². The predicted molar refractivity (Wildman–Crippen MR) is 224 cm³/mol. The molecule has 5 heterocycles. The van der Waals surface area contributed by atoms with Crippen molar-refractivity contribution < 1.29 is 51.5 Å². The van der Waals surface area contributed by atoms with Crippen molar-refractivity contribution in [2.24, 2.45) is 5.41 Å². The van der Waals surface area contributed by atoms with Crippen LogP contribution >= 0.6 is 0 Å². The maximum atomic E-state index is 15.6. The second kappa shape index (κ2) is 16.1. The van der Waals surface area contributed by atoms with Crippen molar-refractivity contribution in [2.45, 2.75) is 81.8 Å². The number of nitrogens with zero attached hydrogens (tertiary/aromatic N) is 5. The van der Waals surface area contributed by atoms with E-state index in [1.54, 1.807) is 28.0 Å². The Morgan fingerprint density at radius 2 is 1.70 bits per heavy atom. The maximum absolute atomic E-state index is 15.6. The molecule has 9 rings (SSSR count). The monoisotopic (exact) mass is 885 g/mol. The Balaban J connectivity index is 0.774. The zero-order valence-electron chi connectivity index (χ0n) is 35.1. The zero-order valence-corrected chi connectivity index (χ0v) is 35.1. The molecule has 17 nitrogen and oxygen atoms in total. The molecule has 64 heavy (non-hydrogen) atoms. The van der Waals surface area contributed by atoms with Crippen LogP contribution in [0, 0.1) is 11.2 Å². The molecule has 3 aromatic rings. The summed E-state index contributed by atoms with van der Waals surface area (Å²) in [6, 6.07) is 7.11. The number of likely N-dealkylation sites (tertiary alicyclic amines) is 1. The Bertz CT molecular complexity index is 2500. The fourth-order valence-electron chi connectivity index (χ4n) is 10.1. The van der Waals surface area contributed by atoms with Gasteiger partial charge < -0.3 is 35.4 Å². The number of aromatic nitrogens is 1. The first-order chi connectivity index (χ1) is 30.6. The van der Waals surface area contributed by atoms with Crippen molar-refractivity contribution in [3.63, 3.8) is 0 Å². The Hall–Kier alpha value is -6.73. The number of hydrogen-bond donors (Lipinski definition) is 4. The Morgan fingerprint density at radius 1 is 0.953 bits per heavy atom. The topological polar surface area (TPSA) is 203 Å². The summed E-state index contributed by atoms with van der Waals surface area (Å²) in [5.74, 6) is -8.64. The molecule has 1 unspecified atom stereocenters. The lowest BCUT2D eigenvalue weighted by molar-refractivity contribution is -0.151. The molecule has 7 amide bonds. The minimum Gasteiger partial charge on any atom is -0.495 e. The largest absolute Gasteiger partial charge is 0.495 e. The van der Waals surface area contributed by atoms with E-state index in [0.717, 1.165) is 28.7 Å². The Labute approximate surface area is 365 Å². The van der Waals surface area contributed by atoms with E-state index in [4.69, 9.17) is 4.74 Å². The summed E-state index contributed by atoms with van der Waals surface area (Å²) in [4.78, 5) is 99.2. The van der Waals surface area contributed by atoms with Gasteiger partial charge in [0.2, 0.25) is 17.7 Å². The van der Waals surface area contributed by atoms with Crippen LogP contribution in [0.3, 0.4) is 0 Å². The van der Waals surface area contributed by atoms with Crippen LogP contribution in [0.25, 0.3) is 0 Å². The number of methoxy groups -OCH3 is 1. The average molecular weight is 886 g/mol. The van der Waals surface area contributed by atoms with Crippen molar-refractivity contribution in [3.8, 4) is 5.75 Å². The van der Waals surface area contributed by atoms with Crippen LogP contribution < -0.4 is 35.8 Å². The van der Waals surface area contributed by atoms with Gasteiger partial charge in [-0.05, 0) is 50.3 Å². The molecule has 4 aliphatic heterocycles. The fourth-order valence-corrected chi connectivity index (χ4v) is 10.1. The highest BCUT2D eigenvalue weighted by Crippen LogP contribution is 2.49. The molecule has 20 heteroatoms. The third-order valence-electron chi connectivity index (χ3n) is 13.3. The zero-order chi connectivity index (χ0) is 45.2. The van der Waals surface area contributed by atoms with Gasteiger partial charge in [0.25, 0.3) is 23.6 Å². The van der Waals surface area contributed by atoms with Crippen LogP contribution in [0.5, 0.6) is 5.75 Å². The number of benzene rings is 2. The molecule has 2 saturated heterocycles. The van der Waals surface area contributed by atoms with E-state index in [2.05, 4.69) is 26.3 Å². The molecular weight excluding hydrogens is 840 g/mol. The molecule has 2 aliphatic carbocycles. The first-order valence-electron chi connectivity index (χ1n) is 21.3. The summed E-state index contributed by atoms with van der Waals surface area (Å²) < 4.78 is 51.3. The van der Waals surface area contributed by atoms with Crippen molar-refractivity contribution in [3.05, 3.63) is 65.1 Å². The van der Waals surface area contributed by atoms with Gasteiger partial charge in [0.1, 0.15) is 23.4 Å². The van der Waals surface area contributed by atoms with Gasteiger partial charge in [0.15, 0.2) is 0 Å². The average Bonchev–Trinajstić information content (AvgIpc) is 3.85. The molecule has 1 atom stereocenters. The van der Waals surface area contributed by atoms with Gasteiger partial charge in [-0.15, -0.1) is 0 Å². The standard InChI is InChI=1S/C44H46F3N9O8/c1-53-32-19-49-34(16-31(32)55(24-6-3-4-7-24)22-44(46,47)42(53)63)51-29-15-27(45)26(14-33(29)64-2)38(59)50-23-17-43(18-23)20-54(21-43)36(58)12-13-48-28-9-5-8-25-37(28)41(62)56(40(25)61)30-10-11-35(57)52-39(30)60/h5,8-9,14-16,19,23-24,30,48H,3-4,6-7,10-13,17-18,20-22H2,1-2H3,(H,49,51)(H,50,59)(H,52,57,60). The summed E-state index contributed by atoms with van der Waals surface area (Å²) in [5, 5.41) is 11.2. The van der Waals surface area contributed by atoms with E-state index in [0.29, 0.717) is 50.1 Å². The van der Waals surface area contributed by atoms with E-state index in [9.17, 15) is 33.6 Å². The third-order valence-corrected chi connectivity index (χ3v) is 13.3. The van der Waals surface area contributed by atoms with Crippen LogP contribution in [0.1, 0.15) is 88.9 Å². The van der Waals surface area contributed by atoms with Gasteiger partial charge in [-0.1, -0.05) is 18.9 Å². The number of hydrogen-bond acceptors (Lipinski definition) is 12. The van der Waals surface area contributed by atoms with Crippen LogP contribution in [0.4, 0.5) is 41.7 Å². The Morgan fingerprint density at radius 3 is 2.42 bits per heavy atom. The molecular formula is C44H46F3N9O8. The van der Waals surface area contributed by atoms with Crippen LogP contribution in [-0.4, -0.2) is 121 Å². The summed E-state index contributed by atoms with van der Waals surface area (Å²) in [5.41, 5.74) is 0.941. The number of amides is 7. The normalized spacial score (nSPS) is 21.5. The lowest BCUT2D eigenvalue weighted by atomic mass is 9.60. The predicted octanol–water partition coefficient (Wildman–Crippen LogP) is 3.96. The van der Waals surface area contributed by atoms with Crippen LogP contribution in [0.2, 0.25) is 0 Å². The summed E-state index contributed by atoms with van der Waals surface area (Å²) in [7, 11) is 2.65. The summed E-state index contributed by atoms with van der Waals surface area (Å²) in [6.45, 7) is 0.366. The highest BCUT2D eigenvalue weighted by atomic mass is 19.3. The van der Waals surface area contributed by atoms with Crippen LogP contribution in [-0.2, 0) is 19.2 Å². The SMILES string of the molecule is COc1cc(C(=O)NC2CC3(C2)CN(C(=O)CCNc2cccc4c2C(=O)N(C2CCC(=O)NC2=O)C4=O)C3)c(F)cc1Nc1cc2c(cn1)N(C)C(=O)C(F)(F)CN2C1CCCC1. The number of alkyl halides is 2. The van der Waals surface area contributed by atoms with E-state index < -0.39 is 59.8 Å². The molecule has 0 radical (unpaired) electrons. The number of fused-ring (bicyclic) bond motifs is 2. The number of rotatable bonds is 11. The first-order valence-corrected chi connectivity index (χ1v) is 21.3. The molecule has 4 N–H and O–H groups in total. The van der Waals surface area contributed by atoms with Crippen LogP contribution in [0.15, 0.2) is 42.6 Å². The fraction of sp³-hybridized carbons (Fsp3) is 0.455. The third kappa shape index (κ3) is 7.51. The summed E-state index contributed by atoms with van der Waals surface area (Å²) >= 11 is 0. The first kappa shape index (κ1) is 42.6. The number of carbonyl (C=O) groups excluding carboxylic acids is 7. The lowest BCUT2D eigenvalue weighted by Crippen LogP contribution is -2.67. The van der Waals surface area contributed by atoms with Gasteiger partial charge in [-0.25, -0.2) is 9.37 Å². The number of anilines is 5. The molecule has 4 fully saturated rings. The number of halogens is 3. The number of pyridine rings is 1. The maximum Gasteiger partial charge on any atom is 0.342 e. The summed E-state index contributed by atoms with van der Waals surface area (Å²) in [6.07, 6.45) is 5.82. The molecule has 2 aromatic carbocycles. The highest BCUT2D eigenvalue weighted by Gasteiger charge is 2.54. The van der Waals surface area contributed by atoms with E-state index >= 15 is 13.2 Å². The minimum atomic E-state index is -3.61. The minimum absolute atomic E-state index is 0.00707. The molecule has 336 valence electrons. The molecule has 1 spiro atoms. The second-order valence-electron chi connectivity index (χ2n) is 17.5. The lowest BCUT2D eigenvalue weighted by Gasteiger charge is -2.59. The number of nitrogens with one attached hydrogen (secondary N) is 4. The van der Waals surface area contributed by atoms with E-state index in [1.165, 1.54) is 32.5 Å². The molecule has 1 aromatic heterocycles. The van der Waals surface area contributed by atoms with Gasteiger partial charge in [-0.3, -0.25) is 43.8 Å². The molecule has 6 aliphatic rings. The number of piperidine rings is 1. The Kier molecular flexibility index (Phi) is 10.7. The molecule has 2 saturated carbocycles. The van der Waals surface area contributed by atoms with E-state index in [1.807, 2.05) is 0 Å². The smallest absolute Gasteiger partial charge is 0.342 e. The van der Waals surface area contributed by atoms with Gasteiger partial charge >= 0.3 is 5.92 Å². The number of ether oxygens (including phenoxy) is 1. The van der Waals surface area contributed by atoms with Crippen molar-refractivity contribution >= 4 is 69.9 Å².